The molecule has 8 heteroatoms. The lowest BCUT2D eigenvalue weighted by atomic mass is 10.0. The molecular weight excluding hydrogens is 803 g/mol. The maximum absolute atomic E-state index is 12.9. The molecule has 0 saturated heterocycles. The summed E-state index contributed by atoms with van der Waals surface area (Å²) in [6.45, 7) is 8.30. The number of Topliss-reactive ketones (excluding diaryl/α,β-unsaturated/α-hetero) is 1. The third-order valence-electron chi connectivity index (χ3n) is 12.3. The predicted molar refractivity (Wildman–Crippen MR) is 272 cm³/mol. The molecule has 7 nitrogen and oxygen atoms in total. The highest BCUT2D eigenvalue weighted by atomic mass is 32.2. The van der Waals surface area contributed by atoms with E-state index in [-0.39, 0.29) is 30.2 Å². The average molecular weight is 906 g/mol. The average Bonchev–Trinajstić information content (AvgIpc) is 3.27. The standard InChI is InChI=1S/C55H103NO6S/c1-5-8-11-14-17-20-23-26-29-32-35-38-41-44-53(58)56-52(50(4)57)49-63-48-51(62-55(60)46-43-40-37-34-31-28-25-22-19-16-13-10-7-3)47-61-54(59)45-42-39-36-33-30-27-24-21-18-15-12-9-6-2/h22,25,51-52H,5-21,23-24,26-49H2,1-4H3,(H,56,58). The molecule has 0 aliphatic rings. The number of esters is 2. The van der Waals surface area contributed by atoms with Gasteiger partial charge in [-0.15, -0.1) is 0 Å². The maximum atomic E-state index is 12.9. The SMILES string of the molecule is CCCCCCC=CCCCCCCCC(=O)OC(COC(=O)CCCCCCCCCCCCCCC)CSCC(NC(=O)CCCCCCCCCCCCCCC)C(C)=O. The number of carbonyl (C=O) groups is 4. The van der Waals surface area contributed by atoms with Crippen LogP contribution in [0.15, 0.2) is 12.2 Å². The number of nitrogens with one attached hydrogen (secondary N) is 1. The number of ketones is 1. The second kappa shape index (κ2) is 49.6. The molecule has 0 aliphatic heterocycles. The molecule has 2 unspecified atom stereocenters. The molecule has 0 spiro atoms. The van der Waals surface area contributed by atoms with Crippen LogP contribution in [-0.2, 0) is 28.7 Å². The van der Waals surface area contributed by atoms with Crippen molar-refractivity contribution < 1.29 is 28.7 Å². The van der Waals surface area contributed by atoms with Gasteiger partial charge in [0.05, 0.1) is 6.04 Å². The van der Waals surface area contributed by atoms with Crippen molar-refractivity contribution in [3.8, 4) is 0 Å². The lowest BCUT2D eigenvalue weighted by Crippen LogP contribution is -2.42. The molecule has 1 amide bonds. The Morgan fingerprint density at radius 2 is 0.794 bits per heavy atom. The van der Waals surface area contributed by atoms with Gasteiger partial charge in [0.15, 0.2) is 5.78 Å². The summed E-state index contributed by atoms with van der Waals surface area (Å²) in [6, 6.07) is -0.597. The van der Waals surface area contributed by atoms with E-state index >= 15 is 0 Å². The van der Waals surface area contributed by atoms with E-state index in [0.29, 0.717) is 30.8 Å². The first-order valence-corrected chi connectivity index (χ1v) is 28.4. The highest BCUT2D eigenvalue weighted by Gasteiger charge is 2.21. The molecule has 0 fully saturated rings. The van der Waals surface area contributed by atoms with Gasteiger partial charge < -0.3 is 14.8 Å². The molecule has 63 heavy (non-hydrogen) atoms. The van der Waals surface area contributed by atoms with E-state index in [1.54, 1.807) is 0 Å². The second-order valence-corrected chi connectivity index (χ2v) is 19.8. The van der Waals surface area contributed by atoms with Gasteiger partial charge in [0.1, 0.15) is 12.7 Å². The summed E-state index contributed by atoms with van der Waals surface area (Å²) in [4.78, 5) is 50.9. The van der Waals surface area contributed by atoms with Crippen molar-refractivity contribution in [2.24, 2.45) is 0 Å². The Hall–Kier alpha value is -1.83. The van der Waals surface area contributed by atoms with Gasteiger partial charge in [0.2, 0.25) is 5.91 Å². The van der Waals surface area contributed by atoms with Crippen LogP contribution in [0.3, 0.4) is 0 Å². The number of thioether (sulfide) groups is 1. The van der Waals surface area contributed by atoms with Crippen LogP contribution >= 0.6 is 11.8 Å². The van der Waals surface area contributed by atoms with Crippen LogP contribution in [0.1, 0.15) is 285 Å². The van der Waals surface area contributed by atoms with Crippen molar-refractivity contribution in [2.45, 2.75) is 297 Å². The van der Waals surface area contributed by atoms with E-state index in [4.69, 9.17) is 9.47 Å². The van der Waals surface area contributed by atoms with Gasteiger partial charge in [-0.1, -0.05) is 226 Å². The third kappa shape index (κ3) is 46.5. The molecular formula is C55H103NO6S. The Morgan fingerprint density at radius 1 is 0.444 bits per heavy atom. The third-order valence-corrected chi connectivity index (χ3v) is 13.5. The molecule has 0 aliphatic carbocycles. The van der Waals surface area contributed by atoms with Crippen LogP contribution in [-0.4, -0.2) is 53.9 Å². The fourth-order valence-electron chi connectivity index (χ4n) is 8.04. The molecule has 0 rings (SSSR count). The highest BCUT2D eigenvalue weighted by molar-refractivity contribution is 7.99. The molecule has 2 atom stereocenters. The van der Waals surface area contributed by atoms with Gasteiger partial charge in [0, 0.05) is 30.8 Å². The van der Waals surface area contributed by atoms with E-state index < -0.39 is 12.1 Å². The number of carbonyl (C=O) groups excluding carboxylic acids is 4. The van der Waals surface area contributed by atoms with Crippen molar-refractivity contribution in [2.75, 3.05) is 18.1 Å². The monoisotopic (exact) mass is 906 g/mol. The minimum atomic E-state index is -0.597. The molecule has 0 aromatic rings. The van der Waals surface area contributed by atoms with Crippen molar-refractivity contribution in [1.82, 2.24) is 5.32 Å². The van der Waals surface area contributed by atoms with Gasteiger partial charge in [0.25, 0.3) is 0 Å². The minimum Gasteiger partial charge on any atom is -0.462 e. The number of ether oxygens (including phenoxy) is 2. The Balaban J connectivity index is 4.61. The van der Waals surface area contributed by atoms with Gasteiger partial charge in [-0.25, -0.2) is 0 Å². The molecule has 0 aromatic heterocycles. The first-order chi connectivity index (χ1) is 30.8. The van der Waals surface area contributed by atoms with E-state index in [1.165, 1.54) is 186 Å². The van der Waals surface area contributed by atoms with Crippen LogP contribution in [0.5, 0.6) is 0 Å². The Morgan fingerprint density at radius 3 is 1.21 bits per heavy atom. The molecule has 370 valence electrons. The largest absolute Gasteiger partial charge is 0.462 e. The smallest absolute Gasteiger partial charge is 0.306 e. The van der Waals surface area contributed by atoms with E-state index in [9.17, 15) is 19.2 Å². The fourth-order valence-corrected chi connectivity index (χ4v) is 9.16. The van der Waals surface area contributed by atoms with Crippen molar-refractivity contribution >= 4 is 35.4 Å². The molecule has 1 N–H and O–H groups in total. The summed E-state index contributed by atoms with van der Waals surface area (Å²) < 4.78 is 11.5. The lowest BCUT2D eigenvalue weighted by Gasteiger charge is -2.20. The summed E-state index contributed by atoms with van der Waals surface area (Å²) in [5, 5.41) is 2.94. The van der Waals surface area contributed by atoms with Crippen LogP contribution in [0.25, 0.3) is 0 Å². The van der Waals surface area contributed by atoms with Crippen LogP contribution in [0, 0.1) is 0 Å². The molecule has 0 aromatic carbocycles. The van der Waals surface area contributed by atoms with E-state index in [0.717, 1.165) is 70.6 Å². The molecule has 0 saturated carbocycles. The van der Waals surface area contributed by atoms with Crippen LogP contribution in [0.2, 0.25) is 0 Å². The summed E-state index contributed by atoms with van der Waals surface area (Å²) in [6.07, 6.45) is 50.5. The normalized spacial score (nSPS) is 12.4. The second-order valence-electron chi connectivity index (χ2n) is 18.7. The van der Waals surface area contributed by atoms with E-state index in [1.807, 2.05) is 0 Å². The molecule has 0 bridgehead atoms. The van der Waals surface area contributed by atoms with Gasteiger partial charge in [-0.05, 0) is 51.9 Å². The quantitative estimate of drug-likeness (QED) is 0.0369. The summed E-state index contributed by atoms with van der Waals surface area (Å²) in [7, 11) is 0. The maximum Gasteiger partial charge on any atom is 0.306 e. The fraction of sp³-hybridized carbons (Fsp3) is 0.891. The minimum absolute atomic E-state index is 0.0122. The highest BCUT2D eigenvalue weighted by Crippen LogP contribution is 2.17. The van der Waals surface area contributed by atoms with Crippen molar-refractivity contribution in [3.05, 3.63) is 12.2 Å². The zero-order chi connectivity index (χ0) is 46.1. The summed E-state index contributed by atoms with van der Waals surface area (Å²) >= 11 is 1.46. The number of amides is 1. The topological polar surface area (TPSA) is 98.8 Å². The summed E-state index contributed by atoms with van der Waals surface area (Å²) in [5.41, 5.74) is 0. The number of hydrogen-bond acceptors (Lipinski definition) is 7. The predicted octanol–water partition coefficient (Wildman–Crippen LogP) is 16.5. The number of allylic oxidation sites excluding steroid dienone is 2. The van der Waals surface area contributed by atoms with Crippen molar-refractivity contribution in [3.63, 3.8) is 0 Å². The van der Waals surface area contributed by atoms with E-state index in [2.05, 4.69) is 38.2 Å². The number of hydrogen-bond donors (Lipinski definition) is 1. The van der Waals surface area contributed by atoms with Gasteiger partial charge >= 0.3 is 11.9 Å². The first kappa shape index (κ1) is 61.2. The Kier molecular flexibility index (Phi) is 48.2. The van der Waals surface area contributed by atoms with Crippen molar-refractivity contribution in [1.29, 1.82) is 0 Å². The molecule has 0 radical (unpaired) electrons. The lowest BCUT2D eigenvalue weighted by molar-refractivity contribution is -0.157. The number of unbranched alkanes of at least 4 members (excludes halogenated alkanes) is 33. The molecule has 0 heterocycles. The Bertz CT molecular complexity index is 1070. The zero-order valence-corrected chi connectivity index (χ0v) is 42.9. The number of rotatable bonds is 50. The first-order valence-electron chi connectivity index (χ1n) is 27.2. The summed E-state index contributed by atoms with van der Waals surface area (Å²) in [5.74, 6) is 0.0818. The van der Waals surface area contributed by atoms with Crippen LogP contribution in [0.4, 0.5) is 0 Å². The van der Waals surface area contributed by atoms with Gasteiger partial charge in [-0.2, -0.15) is 11.8 Å². The van der Waals surface area contributed by atoms with Gasteiger partial charge in [-0.3, -0.25) is 19.2 Å². The van der Waals surface area contributed by atoms with Crippen LogP contribution < -0.4 is 5.32 Å². The Labute approximate surface area is 394 Å². The zero-order valence-electron chi connectivity index (χ0n) is 42.1.